The molecule has 1 aromatic carbocycles. The predicted molar refractivity (Wildman–Crippen MR) is 75.5 cm³/mol. The number of nitrogens with zero attached hydrogens (tertiary/aromatic N) is 2. The molecule has 1 heterocycles. The molecule has 7 heteroatoms. The van der Waals surface area contributed by atoms with Crippen molar-refractivity contribution < 1.29 is 9.90 Å². The van der Waals surface area contributed by atoms with Crippen molar-refractivity contribution in [2.45, 2.75) is 5.03 Å². The molecule has 2 N–H and O–H groups in total. The van der Waals surface area contributed by atoms with Crippen LogP contribution in [0.15, 0.2) is 35.4 Å². The lowest BCUT2D eigenvalue weighted by atomic mass is 10.2. The summed E-state index contributed by atoms with van der Waals surface area (Å²) in [6, 6.07) is 8.36. The number of anilines is 2. The molecular weight excluding hydrogens is 286 g/mol. The van der Waals surface area contributed by atoms with Gasteiger partial charge in [-0.3, -0.25) is 0 Å². The first-order valence-electron chi connectivity index (χ1n) is 5.28. The first kappa shape index (κ1) is 13.6. The molecule has 0 saturated heterocycles. The summed E-state index contributed by atoms with van der Waals surface area (Å²) in [7, 11) is 0. The third-order valence-corrected chi connectivity index (χ3v) is 3.19. The third-order valence-electron chi connectivity index (χ3n) is 2.32. The number of aromatic nitrogens is 2. The molecular formula is C12H10ClN3O2S. The van der Waals surface area contributed by atoms with Crippen LogP contribution in [-0.2, 0) is 0 Å². The van der Waals surface area contributed by atoms with Gasteiger partial charge in [-0.1, -0.05) is 11.6 Å². The third kappa shape index (κ3) is 3.36. The van der Waals surface area contributed by atoms with Crippen LogP contribution in [-0.4, -0.2) is 27.5 Å². The summed E-state index contributed by atoms with van der Waals surface area (Å²) in [6.07, 6.45) is 1.81. The van der Waals surface area contributed by atoms with Gasteiger partial charge in [-0.2, -0.15) is 0 Å². The van der Waals surface area contributed by atoms with Gasteiger partial charge in [0, 0.05) is 10.7 Å². The maximum atomic E-state index is 11.2. The molecule has 0 atom stereocenters. The van der Waals surface area contributed by atoms with E-state index in [1.54, 1.807) is 24.3 Å². The molecule has 0 aliphatic heterocycles. The van der Waals surface area contributed by atoms with Crippen LogP contribution in [0.25, 0.3) is 0 Å². The Kier molecular flexibility index (Phi) is 4.24. The molecule has 0 fully saturated rings. The Balaban J connectivity index is 2.33. The molecule has 0 unspecified atom stereocenters. The van der Waals surface area contributed by atoms with Gasteiger partial charge in [-0.05, 0) is 36.6 Å². The Bertz CT molecular complexity index is 604. The van der Waals surface area contributed by atoms with Crippen molar-refractivity contribution in [1.29, 1.82) is 0 Å². The zero-order chi connectivity index (χ0) is 13.8. The number of carboxylic acids is 1. The van der Waals surface area contributed by atoms with Crippen LogP contribution in [0.5, 0.6) is 0 Å². The molecule has 0 aliphatic carbocycles. The summed E-state index contributed by atoms with van der Waals surface area (Å²) in [5.74, 6) is -0.853. The van der Waals surface area contributed by atoms with Crippen molar-refractivity contribution >= 4 is 40.8 Å². The van der Waals surface area contributed by atoms with Crippen molar-refractivity contribution in [3.63, 3.8) is 0 Å². The van der Waals surface area contributed by atoms with Crippen LogP contribution < -0.4 is 5.32 Å². The van der Waals surface area contributed by atoms with Gasteiger partial charge in [0.15, 0.2) is 5.82 Å². The molecule has 1 aromatic heterocycles. The fourth-order valence-electron chi connectivity index (χ4n) is 1.40. The van der Waals surface area contributed by atoms with Gasteiger partial charge >= 0.3 is 5.97 Å². The first-order valence-corrected chi connectivity index (χ1v) is 6.88. The van der Waals surface area contributed by atoms with E-state index in [0.29, 0.717) is 15.7 Å². The maximum absolute atomic E-state index is 11.2. The number of thioether (sulfide) groups is 1. The molecule has 0 radical (unpaired) electrons. The van der Waals surface area contributed by atoms with Gasteiger partial charge < -0.3 is 10.4 Å². The van der Waals surface area contributed by atoms with E-state index in [1.807, 2.05) is 6.26 Å². The minimum Gasteiger partial charge on any atom is -0.478 e. The van der Waals surface area contributed by atoms with Gasteiger partial charge in [0.25, 0.3) is 0 Å². The first-order chi connectivity index (χ1) is 9.10. The van der Waals surface area contributed by atoms with Gasteiger partial charge in [-0.15, -0.1) is 22.0 Å². The number of benzene rings is 1. The van der Waals surface area contributed by atoms with E-state index in [0.717, 1.165) is 0 Å². The Morgan fingerprint density at radius 1 is 1.32 bits per heavy atom. The van der Waals surface area contributed by atoms with E-state index in [-0.39, 0.29) is 11.4 Å². The number of carbonyl (C=O) groups is 1. The highest BCUT2D eigenvalue weighted by Crippen LogP contribution is 2.22. The summed E-state index contributed by atoms with van der Waals surface area (Å²) in [5, 5.41) is 21.0. The van der Waals surface area contributed by atoms with Crippen molar-refractivity contribution in [3.05, 3.63) is 40.9 Å². The average molecular weight is 296 g/mol. The fourth-order valence-corrected chi connectivity index (χ4v) is 1.88. The van der Waals surface area contributed by atoms with Crippen LogP contribution in [0, 0.1) is 0 Å². The second-order valence-electron chi connectivity index (χ2n) is 3.59. The Morgan fingerprint density at radius 3 is 2.58 bits per heavy atom. The SMILES string of the molecule is CSc1cc(C(=O)O)c(Nc2ccc(Cl)cc2)nn1. The summed E-state index contributed by atoms with van der Waals surface area (Å²) < 4.78 is 0. The smallest absolute Gasteiger partial charge is 0.339 e. The molecule has 0 spiro atoms. The molecule has 98 valence electrons. The molecule has 2 aromatic rings. The maximum Gasteiger partial charge on any atom is 0.339 e. The van der Waals surface area contributed by atoms with Crippen LogP contribution in [0.4, 0.5) is 11.5 Å². The lowest BCUT2D eigenvalue weighted by Gasteiger charge is -2.08. The second kappa shape index (κ2) is 5.90. The largest absolute Gasteiger partial charge is 0.478 e. The summed E-state index contributed by atoms with van der Waals surface area (Å²) in [6.45, 7) is 0. The van der Waals surface area contributed by atoms with Gasteiger partial charge in [0.1, 0.15) is 10.6 Å². The van der Waals surface area contributed by atoms with Crippen LogP contribution >= 0.6 is 23.4 Å². The summed E-state index contributed by atoms with van der Waals surface area (Å²) in [5.41, 5.74) is 0.771. The highest BCUT2D eigenvalue weighted by atomic mass is 35.5. The molecule has 0 aliphatic rings. The number of halogens is 1. The van der Waals surface area contributed by atoms with E-state index >= 15 is 0 Å². The normalized spacial score (nSPS) is 10.2. The molecule has 0 amide bonds. The van der Waals surface area contributed by atoms with E-state index in [9.17, 15) is 4.79 Å². The van der Waals surface area contributed by atoms with Crippen molar-refractivity contribution in [3.8, 4) is 0 Å². The lowest BCUT2D eigenvalue weighted by Crippen LogP contribution is -2.06. The number of hydrogen-bond donors (Lipinski definition) is 2. The van der Waals surface area contributed by atoms with Crippen molar-refractivity contribution in [1.82, 2.24) is 10.2 Å². The monoisotopic (exact) mass is 295 g/mol. The quantitative estimate of drug-likeness (QED) is 0.843. The Hall–Kier alpha value is -1.79. The number of nitrogens with one attached hydrogen (secondary N) is 1. The fraction of sp³-hybridized carbons (Fsp3) is 0.0833. The van der Waals surface area contributed by atoms with Gasteiger partial charge in [-0.25, -0.2) is 4.79 Å². The Morgan fingerprint density at radius 2 is 2.00 bits per heavy atom. The minimum atomic E-state index is -1.05. The van der Waals surface area contributed by atoms with E-state index < -0.39 is 5.97 Å². The van der Waals surface area contributed by atoms with E-state index in [1.165, 1.54) is 17.8 Å². The van der Waals surface area contributed by atoms with Crippen LogP contribution in [0.1, 0.15) is 10.4 Å². The number of aromatic carboxylic acids is 1. The Labute approximate surface area is 119 Å². The predicted octanol–water partition coefficient (Wildman–Crippen LogP) is 3.29. The number of rotatable bonds is 4. The van der Waals surface area contributed by atoms with Crippen LogP contribution in [0.3, 0.4) is 0 Å². The topological polar surface area (TPSA) is 75.1 Å². The van der Waals surface area contributed by atoms with E-state index in [4.69, 9.17) is 16.7 Å². The highest BCUT2D eigenvalue weighted by molar-refractivity contribution is 7.98. The number of carboxylic acid groups (broad SMARTS) is 1. The van der Waals surface area contributed by atoms with Crippen molar-refractivity contribution in [2.75, 3.05) is 11.6 Å². The zero-order valence-corrected chi connectivity index (χ0v) is 11.5. The van der Waals surface area contributed by atoms with Gasteiger partial charge in [0.05, 0.1) is 0 Å². The minimum absolute atomic E-state index is 0.0781. The molecule has 0 bridgehead atoms. The summed E-state index contributed by atoms with van der Waals surface area (Å²) in [4.78, 5) is 11.2. The van der Waals surface area contributed by atoms with E-state index in [2.05, 4.69) is 15.5 Å². The zero-order valence-electron chi connectivity index (χ0n) is 9.92. The molecule has 0 saturated carbocycles. The second-order valence-corrected chi connectivity index (χ2v) is 4.85. The molecule has 5 nitrogen and oxygen atoms in total. The van der Waals surface area contributed by atoms with Crippen molar-refractivity contribution in [2.24, 2.45) is 0 Å². The lowest BCUT2D eigenvalue weighted by molar-refractivity contribution is 0.0697. The van der Waals surface area contributed by atoms with Gasteiger partial charge in [0.2, 0.25) is 0 Å². The standard InChI is InChI=1S/C12H10ClN3O2S/c1-19-10-6-9(12(17)18)11(16-15-10)14-8-4-2-7(13)3-5-8/h2-6H,1H3,(H,14,16)(H,17,18). The van der Waals surface area contributed by atoms with Crippen LogP contribution in [0.2, 0.25) is 5.02 Å². The summed E-state index contributed by atoms with van der Waals surface area (Å²) >= 11 is 7.12. The molecule has 2 rings (SSSR count). The molecule has 19 heavy (non-hydrogen) atoms. The number of hydrogen-bond acceptors (Lipinski definition) is 5. The highest BCUT2D eigenvalue weighted by Gasteiger charge is 2.13. The average Bonchev–Trinajstić information content (AvgIpc) is 2.41.